The first-order chi connectivity index (χ1) is 8.20. The van der Waals surface area contributed by atoms with Crippen LogP contribution in [0.3, 0.4) is 0 Å². The SMILES string of the molecule is CCN1CCCC1CN(C)c1nccc(N)n1. The highest BCUT2D eigenvalue weighted by Crippen LogP contribution is 2.18. The van der Waals surface area contributed by atoms with Crippen molar-refractivity contribution < 1.29 is 0 Å². The summed E-state index contributed by atoms with van der Waals surface area (Å²) in [6.45, 7) is 5.52. The fourth-order valence-electron chi connectivity index (χ4n) is 2.46. The topological polar surface area (TPSA) is 58.3 Å². The maximum Gasteiger partial charge on any atom is 0.227 e. The Hall–Kier alpha value is -1.36. The summed E-state index contributed by atoms with van der Waals surface area (Å²) in [4.78, 5) is 13.1. The quantitative estimate of drug-likeness (QED) is 0.843. The molecule has 5 heteroatoms. The predicted molar refractivity (Wildman–Crippen MR) is 70.0 cm³/mol. The maximum atomic E-state index is 5.67. The molecule has 0 aliphatic carbocycles. The van der Waals surface area contributed by atoms with Crippen molar-refractivity contribution in [1.82, 2.24) is 14.9 Å². The molecular weight excluding hydrogens is 214 g/mol. The molecular formula is C12H21N5. The van der Waals surface area contributed by atoms with Crippen molar-refractivity contribution in [3.63, 3.8) is 0 Å². The van der Waals surface area contributed by atoms with E-state index in [0.29, 0.717) is 17.8 Å². The smallest absolute Gasteiger partial charge is 0.227 e. The highest BCUT2D eigenvalue weighted by Gasteiger charge is 2.24. The van der Waals surface area contributed by atoms with E-state index in [9.17, 15) is 0 Å². The van der Waals surface area contributed by atoms with Gasteiger partial charge in [0.05, 0.1) is 0 Å². The summed E-state index contributed by atoms with van der Waals surface area (Å²) >= 11 is 0. The molecule has 1 aromatic rings. The fraction of sp³-hybridized carbons (Fsp3) is 0.667. The van der Waals surface area contributed by atoms with E-state index >= 15 is 0 Å². The first kappa shape index (κ1) is 12.1. The Labute approximate surface area is 103 Å². The molecule has 2 heterocycles. The molecule has 1 aromatic heterocycles. The lowest BCUT2D eigenvalue weighted by molar-refractivity contribution is 0.270. The minimum atomic E-state index is 0.528. The van der Waals surface area contributed by atoms with E-state index in [1.54, 1.807) is 12.3 Å². The van der Waals surface area contributed by atoms with E-state index in [1.165, 1.54) is 19.4 Å². The molecule has 0 amide bonds. The van der Waals surface area contributed by atoms with Gasteiger partial charge in [-0.15, -0.1) is 0 Å². The highest BCUT2D eigenvalue weighted by atomic mass is 15.3. The van der Waals surface area contributed by atoms with Crippen LogP contribution in [-0.2, 0) is 0 Å². The normalized spacial score (nSPS) is 20.7. The minimum absolute atomic E-state index is 0.528. The summed E-state index contributed by atoms with van der Waals surface area (Å²) in [5, 5.41) is 0. The lowest BCUT2D eigenvalue weighted by Gasteiger charge is -2.27. The standard InChI is InChI=1S/C12H21N5/c1-3-17-8-4-5-10(17)9-16(2)12-14-7-6-11(13)15-12/h6-7,10H,3-5,8-9H2,1-2H3,(H2,13,14,15). The van der Waals surface area contributed by atoms with E-state index in [4.69, 9.17) is 5.73 Å². The van der Waals surface area contributed by atoms with Crippen molar-refractivity contribution in [1.29, 1.82) is 0 Å². The van der Waals surface area contributed by atoms with Crippen LogP contribution in [0.15, 0.2) is 12.3 Å². The summed E-state index contributed by atoms with van der Waals surface area (Å²) in [5.74, 6) is 1.24. The number of hydrogen-bond donors (Lipinski definition) is 1. The van der Waals surface area contributed by atoms with Crippen molar-refractivity contribution in [2.75, 3.05) is 37.3 Å². The average molecular weight is 235 g/mol. The minimum Gasteiger partial charge on any atom is -0.384 e. The van der Waals surface area contributed by atoms with Crippen molar-refractivity contribution in [3.8, 4) is 0 Å². The zero-order chi connectivity index (χ0) is 12.3. The van der Waals surface area contributed by atoms with Gasteiger partial charge in [-0.3, -0.25) is 4.90 Å². The molecule has 17 heavy (non-hydrogen) atoms. The Kier molecular flexibility index (Phi) is 3.78. The van der Waals surface area contributed by atoms with E-state index in [0.717, 1.165) is 13.1 Å². The Bertz CT molecular complexity index is 368. The highest BCUT2D eigenvalue weighted by molar-refractivity contribution is 5.37. The third-order valence-corrected chi connectivity index (χ3v) is 3.40. The lowest BCUT2D eigenvalue weighted by Crippen LogP contribution is -2.39. The zero-order valence-corrected chi connectivity index (χ0v) is 10.6. The Morgan fingerprint density at radius 1 is 1.59 bits per heavy atom. The number of nitrogen functional groups attached to an aromatic ring is 1. The van der Waals surface area contributed by atoms with Gasteiger partial charge in [0.2, 0.25) is 5.95 Å². The second-order valence-corrected chi connectivity index (χ2v) is 4.59. The molecule has 1 saturated heterocycles. The van der Waals surface area contributed by atoms with Gasteiger partial charge in [-0.05, 0) is 32.0 Å². The van der Waals surface area contributed by atoms with Crippen molar-refractivity contribution in [2.45, 2.75) is 25.8 Å². The average Bonchev–Trinajstić information content (AvgIpc) is 2.76. The molecule has 2 rings (SSSR count). The van der Waals surface area contributed by atoms with Crippen molar-refractivity contribution in [3.05, 3.63) is 12.3 Å². The number of nitrogens with zero attached hydrogens (tertiary/aromatic N) is 4. The summed E-state index contributed by atoms with van der Waals surface area (Å²) in [6.07, 6.45) is 4.27. The van der Waals surface area contributed by atoms with Crippen molar-refractivity contribution >= 4 is 11.8 Å². The summed E-state index contributed by atoms with van der Waals surface area (Å²) in [5.41, 5.74) is 5.67. The zero-order valence-electron chi connectivity index (χ0n) is 10.6. The molecule has 1 atom stereocenters. The third kappa shape index (κ3) is 2.85. The molecule has 0 bridgehead atoms. The van der Waals surface area contributed by atoms with Gasteiger partial charge < -0.3 is 10.6 Å². The van der Waals surface area contributed by atoms with Crippen LogP contribution in [0.1, 0.15) is 19.8 Å². The van der Waals surface area contributed by atoms with Gasteiger partial charge in [0.1, 0.15) is 5.82 Å². The second-order valence-electron chi connectivity index (χ2n) is 4.59. The van der Waals surface area contributed by atoms with Crippen LogP contribution in [0.4, 0.5) is 11.8 Å². The molecule has 1 aliphatic heterocycles. The van der Waals surface area contributed by atoms with Crippen LogP contribution >= 0.6 is 0 Å². The van der Waals surface area contributed by atoms with Crippen LogP contribution in [0.5, 0.6) is 0 Å². The van der Waals surface area contributed by atoms with Crippen LogP contribution < -0.4 is 10.6 Å². The Morgan fingerprint density at radius 2 is 2.41 bits per heavy atom. The van der Waals surface area contributed by atoms with Gasteiger partial charge in [-0.2, -0.15) is 4.98 Å². The van der Waals surface area contributed by atoms with Crippen LogP contribution in [0.2, 0.25) is 0 Å². The fourth-order valence-corrected chi connectivity index (χ4v) is 2.46. The van der Waals surface area contributed by atoms with Gasteiger partial charge in [-0.25, -0.2) is 4.98 Å². The third-order valence-electron chi connectivity index (χ3n) is 3.40. The summed E-state index contributed by atoms with van der Waals surface area (Å²) in [7, 11) is 2.03. The molecule has 1 unspecified atom stereocenters. The van der Waals surface area contributed by atoms with Gasteiger partial charge in [-0.1, -0.05) is 6.92 Å². The number of anilines is 2. The predicted octanol–water partition coefficient (Wildman–Crippen LogP) is 0.979. The molecule has 0 aromatic carbocycles. The van der Waals surface area contributed by atoms with Crippen LogP contribution in [-0.4, -0.2) is 47.6 Å². The van der Waals surface area contributed by atoms with Gasteiger partial charge >= 0.3 is 0 Å². The van der Waals surface area contributed by atoms with Crippen molar-refractivity contribution in [2.24, 2.45) is 0 Å². The van der Waals surface area contributed by atoms with Gasteiger partial charge in [0, 0.05) is 25.8 Å². The Balaban J connectivity index is 1.99. The second kappa shape index (κ2) is 5.31. The first-order valence-electron chi connectivity index (χ1n) is 6.24. The molecule has 0 radical (unpaired) electrons. The monoisotopic (exact) mass is 235 g/mol. The lowest BCUT2D eigenvalue weighted by atomic mass is 10.2. The van der Waals surface area contributed by atoms with Crippen LogP contribution in [0, 0.1) is 0 Å². The van der Waals surface area contributed by atoms with E-state index in [2.05, 4.69) is 26.7 Å². The molecule has 0 spiro atoms. The molecule has 0 saturated carbocycles. The molecule has 1 aliphatic rings. The number of hydrogen-bond acceptors (Lipinski definition) is 5. The number of likely N-dealkylation sites (tertiary alicyclic amines) is 1. The Morgan fingerprint density at radius 3 is 3.12 bits per heavy atom. The maximum absolute atomic E-state index is 5.67. The molecule has 1 fully saturated rings. The van der Waals surface area contributed by atoms with E-state index < -0.39 is 0 Å². The molecule has 5 nitrogen and oxygen atoms in total. The molecule has 2 N–H and O–H groups in total. The van der Waals surface area contributed by atoms with Gasteiger partial charge in [0.25, 0.3) is 0 Å². The molecule has 94 valence electrons. The summed E-state index contributed by atoms with van der Waals surface area (Å²) in [6, 6.07) is 2.33. The summed E-state index contributed by atoms with van der Waals surface area (Å²) < 4.78 is 0. The van der Waals surface area contributed by atoms with Crippen LogP contribution in [0.25, 0.3) is 0 Å². The number of likely N-dealkylation sites (N-methyl/N-ethyl adjacent to an activating group) is 2. The van der Waals surface area contributed by atoms with E-state index in [1.807, 2.05) is 7.05 Å². The van der Waals surface area contributed by atoms with Gasteiger partial charge in [0.15, 0.2) is 0 Å². The number of aromatic nitrogens is 2. The number of rotatable bonds is 4. The first-order valence-corrected chi connectivity index (χ1v) is 6.24. The largest absolute Gasteiger partial charge is 0.384 e. The van der Waals surface area contributed by atoms with E-state index in [-0.39, 0.29) is 0 Å². The number of nitrogens with two attached hydrogens (primary N) is 1.